The standard InChI is InChI=1S/C23H23FN2O4/c1-11-13-4-3-5-14-16-8-26(2)19(21(16)25-18(20(13)14)7-17(11)24)6-15-12(9-27)10-30-23(29)22(15)28/h6-7,9,12,15,22,28H,3-5,8,10H2,1-2H3/b19-6-. The van der Waals surface area contributed by atoms with Crippen molar-refractivity contribution in [3.8, 4) is 0 Å². The number of aromatic nitrogens is 1. The molecule has 3 unspecified atom stereocenters. The monoisotopic (exact) mass is 410 g/mol. The fourth-order valence-corrected chi connectivity index (χ4v) is 5.11. The number of hydrogen-bond acceptors (Lipinski definition) is 6. The van der Waals surface area contributed by atoms with E-state index >= 15 is 0 Å². The Labute approximate surface area is 173 Å². The van der Waals surface area contributed by atoms with Crippen LogP contribution in [0.15, 0.2) is 12.1 Å². The molecule has 7 heteroatoms. The lowest BCUT2D eigenvalue weighted by Crippen LogP contribution is -2.43. The zero-order valence-electron chi connectivity index (χ0n) is 16.9. The highest BCUT2D eigenvalue weighted by molar-refractivity contribution is 5.92. The molecule has 1 aromatic heterocycles. The Morgan fingerprint density at radius 1 is 1.30 bits per heavy atom. The van der Waals surface area contributed by atoms with Gasteiger partial charge in [-0.25, -0.2) is 14.2 Å². The molecule has 30 heavy (non-hydrogen) atoms. The van der Waals surface area contributed by atoms with Crippen molar-refractivity contribution < 1.29 is 23.8 Å². The number of hydrogen-bond donors (Lipinski definition) is 1. The zero-order chi connectivity index (χ0) is 21.2. The molecule has 1 N–H and O–H groups in total. The quantitative estimate of drug-likeness (QED) is 0.605. The van der Waals surface area contributed by atoms with E-state index in [0.29, 0.717) is 17.6 Å². The van der Waals surface area contributed by atoms with Gasteiger partial charge in [0.1, 0.15) is 18.7 Å². The molecule has 156 valence electrons. The average molecular weight is 410 g/mol. The largest absolute Gasteiger partial charge is 0.463 e. The molecular weight excluding hydrogens is 387 g/mol. The lowest BCUT2D eigenvalue weighted by atomic mass is 9.84. The van der Waals surface area contributed by atoms with Gasteiger partial charge in [-0.15, -0.1) is 0 Å². The van der Waals surface area contributed by atoms with Gasteiger partial charge in [0, 0.05) is 36.5 Å². The summed E-state index contributed by atoms with van der Waals surface area (Å²) in [5.74, 6) is -2.28. The number of aliphatic hydroxyl groups is 1. The van der Waals surface area contributed by atoms with Gasteiger partial charge in [-0.3, -0.25) is 0 Å². The Bertz CT molecular complexity index is 1120. The summed E-state index contributed by atoms with van der Waals surface area (Å²) in [4.78, 5) is 30.2. The summed E-state index contributed by atoms with van der Waals surface area (Å²) in [5, 5.41) is 11.4. The van der Waals surface area contributed by atoms with Gasteiger partial charge in [0.2, 0.25) is 0 Å². The number of rotatable bonds is 2. The second-order valence-electron chi connectivity index (χ2n) is 8.49. The van der Waals surface area contributed by atoms with Crippen molar-refractivity contribution in [1.29, 1.82) is 0 Å². The minimum absolute atomic E-state index is 0.0470. The second kappa shape index (κ2) is 6.87. The van der Waals surface area contributed by atoms with Gasteiger partial charge >= 0.3 is 5.97 Å². The van der Waals surface area contributed by atoms with E-state index in [1.54, 1.807) is 6.08 Å². The highest BCUT2D eigenvalue weighted by Crippen LogP contribution is 2.42. The number of ether oxygens (including phenoxy) is 1. The van der Waals surface area contributed by atoms with Crippen LogP contribution in [0.2, 0.25) is 0 Å². The fourth-order valence-electron chi connectivity index (χ4n) is 5.11. The summed E-state index contributed by atoms with van der Waals surface area (Å²) in [6.07, 6.45) is 3.81. The molecule has 2 aliphatic heterocycles. The SMILES string of the molecule is Cc1c(F)cc2nc3c(c4c2c1CCC4)CN(C)/C3=C\C1C(C=O)COC(=O)C1O. The fraction of sp³-hybridized carbons (Fsp3) is 0.435. The average Bonchev–Trinajstić information content (AvgIpc) is 3.05. The third-order valence-corrected chi connectivity index (χ3v) is 6.76. The summed E-state index contributed by atoms with van der Waals surface area (Å²) in [5.41, 5.74) is 6.20. The number of esters is 1. The molecule has 2 aromatic rings. The number of aldehydes is 1. The van der Waals surface area contributed by atoms with Crippen molar-refractivity contribution in [1.82, 2.24) is 9.88 Å². The summed E-state index contributed by atoms with van der Waals surface area (Å²) in [7, 11) is 1.92. The first-order chi connectivity index (χ1) is 14.4. The summed E-state index contributed by atoms with van der Waals surface area (Å²) >= 11 is 0. The van der Waals surface area contributed by atoms with Crippen molar-refractivity contribution in [3.63, 3.8) is 0 Å². The molecule has 1 saturated heterocycles. The van der Waals surface area contributed by atoms with Crippen LogP contribution in [0.1, 0.15) is 34.4 Å². The first kappa shape index (κ1) is 19.2. The number of nitrogens with zero attached hydrogens (tertiary/aromatic N) is 2. The van der Waals surface area contributed by atoms with Gasteiger partial charge in [-0.1, -0.05) is 6.08 Å². The molecule has 1 aromatic carbocycles. The predicted molar refractivity (Wildman–Crippen MR) is 108 cm³/mol. The van der Waals surface area contributed by atoms with Crippen LogP contribution in [-0.4, -0.2) is 47.0 Å². The van der Waals surface area contributed by atoms with Gasteiger partial charge < -0.3 is 19.5 Å². The van der Waals surface area contributed by atoms with Gasteiger partial charge in [0.15, 0.2) is 6.10 Å². The molecule has 1 fully saturated rings. The molecule has 0 saturated carbocycles. The number of pyridine rings is 1. The van der Waals surface area contributed by atoms with E-state index in [-0.39, 0.29) is 12.4 Å². The third-order valence-electron chi connectivity index (χ3n) is 6.76. The number of fused-ring (bicyclic) bond motifs is 2. The van der Waals surface area contributed by atoms with E-state index in [1.807, 2.05) is 18.9 Å². The van der Waals surface area contributed by atoms with Crippen molar-refractivity contribution in [2.45, 2.75) is 38.8 Å². The second-order valence-corrected chi connectivity index (χ2v) is 8.49. The number of halogens is 1. The van der Waals surface area contributed by atoms with Gasteiger partial charge in [-0.05, 0) is 42.9 Å². The van der Waals surface area contributed by atoms with Gasteiger partial charge in [-0.2, -0.15) is 0 Å². The number of cyclic esters (lactones) is 1. The van der Waals surface area contributed by atoms with Crippen LogP contribution in [-0.2, 0) is 33.7 Å². The number of carbonyl (C=O) groups is 2. The molecule has 0 bridgehead atoms. The molecule has 5 rings (SSSR count). The molecule has 3 aliphatic rings. The highest BCUT2D eigenvalue weighted by Gasteiger charge is 2.40. The third kappa shape index (κ3) is 2.68. The van der Waals surface area contributed by atoms with Crippen molar-refractivity contribution in [2.75, 3.05) is 13.7 Å². The lowest BCUT2D eigenvalue weighted by Gasteiger charge is -2.30. The minimum Gasteiger partial charge on any atom is -0.463 e. The molecule has 1 aliphatic carbocycles. The van der Waals surface area contributed by atoms with Crippen molar-refractivity contribution >= 4 is 28.9 Å². The Morgan fingerprint density at radius 3 is 2.83 bits per heavy atom. The molecule has 0 amide bonds. The number of aryl methyl sites for hydroxylation is 2. The first-order valence-electron chi connectivity index (χ1n) is 10.3. The molecule has 0 spiro atoms. The number of carbonyl (C=O) groups excluding carboxylic acids is 2. The van der Waals surface area contributed by atoms with Crippen LogP contribution in [0.25, 0.3) is 16.6 Å². The molecule has 3 heterocycles. The normalized spacial score (nSPS) is 26.8. The number of benzene rings is 1. The van der Waals surface area contributed by atoms with Crippen LogP contribution in [0, 0.1) is 24.6 Å². The summed E-state index contributed by atoms with van der Waals surface area (Å²) < 4.78 is 19.5. The summed E-state index contributed by atoms with van der Waals surface area (Å²) in [6, 6.07) is 1.50. The Hall–Kier alpha value is -2.80. The van der Waals surface area contributed by atoms with E-state index in [0.717, 1.165) is 53.5 Å². The topological polar surface area (TPSA) is 79.7 Å². The van der Waals surface area contributed by atoms with Crippen LogP contribution in [0.3, 0.4) is 0 Å². The van der Waals surface area contributed by atoms with E-state index in [1.165, 1.54) is 11.6 Å². The highest BCUT2D eigenvalue weighted by atomic mass is 19.1. The van der Waals surface area contributed by atoms with Gasteiger partial charge in [0.05, 0.1) is 22.8 Å². The Kier molecular flexibility index (Phi) is 4.39. The van der Waals surface area contributed by atoms with Crippen LogP contribution in [0.4, 0.5) is 4.39 Å². The molecular formula is C23H23FN2O4. The molecule has 0 radical (unpaired) electrons. The maximum absolute atomic E-state index is 14.6. The predicted octanol–water partition coefficient (Wildman–Crippen LogP) is 2.31. The molecule has 3 atom stereocenters. The number of aliphatic hydroxyl groups excluding tert-OH is 1. The van der Waals surface area contributed by atoms with E-state index < -0.39 is 23.9 Å². The van der Waals surface area contributed by atoms with Crippen LogP contribution < -0.4 is 0 Å². The Balaban J connectivity index is 1.70. The maximum Gasteiger partial charge on any atom is 0.335 e. The van der Waals surface area contributed by atoms with E-state index in [2.05, 4.69) is 0 Å². The van der Waals surface area contributed by atoms with Gasteiger partial charge in [0.25, 0.3) is 0 Å². The van der Waals surface area contributed by atoms with Crippen LogP contribution >= 0.6 is 0 Å². The smallest absolute Gasteiger partial charge is 0.335 e. The van der Waals surface area contributed by atoms with Crippen LogP contribution in [0.5, 0.6) is 0 Å². The molecule has 6 nitrogen and oxygen atoms in total. The lowest BCUT2D eigenvalue weighted by molar-refractivity contribution is -0.167. The van der Waals surface area contributed by atoms with Crippen molar-refractivity contribution in [2.24, 2.45) is 11.8 Å². The first-order valence-corrected chi connectivity index (χ1v) is 10.3. The maximum atomic E-state index is 14.6. The minimum atomic E-state index is -1.40. The Morgan fingerprint density at radius 2 is 2.07 bits per heavy atom. The van der Waals surface area contributed by atoms with E-state index in [9.17, 15) is 19.1 Å². The summed E-state index contributed by atoms with van der Waals surface area (Å²) in [6.45, 7) is 2.43. The zero-order valence-corrected chi connectivity index (χ0v) is 16.9. The van der Waals surface area contributed by atoms with E-state index in [4.69, 9.17) is 9.72 Å². The van der Waals surface area contributed by atoms with Crippen molar-refractivity contribution in [3.05, 3.63) is 45.9 Å².